The summed E-state index contributed by atoms with van der Waals surface area (Å²) < 4.78 is 11.9. The van der Waals surface area contributed by atoms with Crippen molar-refractivity contribution in [3.63, 3.8) is 0 Å². The van der Waals surface area contributed by atoms with Crippen molar-refractivity contribution in [2.75, 3.05) is 0 Å². The van der Waals surface area contributed by atoms with Crippen LogP contribution in [-0.4, -0.2) is 22.8 Å². The van der Waals surface area contributed by atoms with Crippen molar-refractivity contribution in [1.29, 1.82) is 0 Å². The van der Waals surface area contributed by atoms with Gasteiger partial charge in [-0.15, -0.1) is 0 Å². The molecular weight excluding hydrogens is 295 g/mol. The van der Waals surface area contributed by atoms with E-state index in [0.717, 1.165) is 18.7 Å². The lowest BCUT2D eigenvalue weighted by atomic mass is 9.48. The van der Waals surface area contributed by atoms with Crippen molar-refractivity contribution in [2.24, 2.45) is 0 Å². The zero-order valence-corrected chi connectivity index (χ0v) is 14.5. The highest BCUT2D eigenvalue weighted by Gasteiger charge is 2.49. The third-order valence-electron chi connectivity index (χ3n) is 4.65. The number of nitrogens with zero attached hydrogens (tertiary/aromatic N) is 2. The van der Waals surface area contributed by atoms with Crippen molar-refractivity contribution in [3.8, 4) is 11.1 Å². The maximum absolute atomic E-state index is 6.21. The Balaban J connectivity index is 1.75. The Kier molecular flexibility index (Phi) is 3.77. The normalized spacial score (nSPS) is 22.3. The molecule has 0 bridgehead atoms. The summed E-state index contributed by atoms with van der Waals surface area (Å²) in [5.74, 6) is 0.578. The molecule has 1 atom stereocenters. The predicted molar refractivity (Wildman–Crippen MR) is 90.3 cm³/mol. The fourth-order valence-corrected chi connectivity index (χ4v) is 3.28. The Morgan fingerprint density at radius 3 is 2.64 bits per heavy atom. The molecule has 0 aliphatic carbocycles. The Morgan fingerprint density at radius 1 is 1.23 bits per heavy atom. The van der Waals surface area contributed by atoms with E-state index in [-0.39, 0.29) is 16.9 Å². The highest BCUT2D eigenvalue weighted by Crippen LogP contribution is 2.51. The smallest absolute Gasteiger partial charge is 0.280 e. The van der Waals surface area contributed by atoms with Gasteiger partial charge in [-0.2, -0.15) is 0 Å². The molecule has 1 saturated heterocycles. The van der Waals surface area contributed by atoms with Gasteiger partial charge >= 0.3 is 0 Å². The Morgan fingerprint density at radius 2 is 2.00 bits per heavy atom. The highest BCUT2D eigenvalue weighted by molar-refractivity contribution is 7.11. The van der Waals surface area contributed by atoms with Gasteiger partial charge in [0, 0.05) is 17.1 Å². The molecule has 0 spiro atoms. The van der Waals surface area contributed by atoms with E-state index >= 15 is 0 Å². The molecule has 0 aromatic carbocycles. The first-order valence-electron chi connectivity index (χ1n) is 7.52. The van der Waals surface area contributed by atoms with Crippen LogP contribution in [-0.2, 0) is 4.74 Å². The lowest BCUT2D eigenvalue weighted by Gasteiger charge is -2.33. The number of ether oxygens (including phenoxy) is 2. The zero-order valence-electron chi connectivity index (χ0n) is 13.7. The molecule has 0 saturated carbocycles. The molecule has 6 heteroatoms. The molecule has 0 N–H and O–H groups in total. The molecule has 3 rings (SSSR count). The van der Waals surface area contributed by atoms with Gasteiger partial charge in [0.15, 0.2) is 7.28 Å². The van der Waals surface area contributed by atoms with Crippen molar-refractivity contribution in [1.82, 2.24) is 9.97 Å². The van der Waals surface area contributed by atoms with E-state index in [1.54, 1.807) is 0 Å². The van der Waals surface area contributed by atoms with E-state index in [0.29, 0.717) is 11.1 Å². The molecule has 0 amide bonds. The number of aromatic nitrogens is 2. The molecule has 2 aromatic rings. The van der Waals surface area contributed by atoms with E-state index in [1.165, 1.54) is 11.3 Å². The summed E-state index contributed by atoms with van der Waals surface area (Å²) in [4.78, 5) is 8.91. The minimum Gasteiger partial charge on any atom is -0.412 e. The lowest BCUT2D eigenvalue weighted by molar-refractivity contribution is -0.0354. The van der Waals surface area contributed by atoms with E-state index in [1.807, 2.05) is 30.5 Å². The van der Waals surface area contributed by atoms with Crippen LogP contribution in [0, 0.1) is 6.92 Å². The summed E-state index contributed by atoms with van der Waals surface area (Å²) >= 11 is 1.48. The molecule has 1 aliphatic heterocycles. The zero-order chi connectivity index (χ0) is 16.0. The first kappa shape index (κ1) is 15.5. The van der Waals surface area contributed by atoms with E-state index in [4.69, 9.17) is 9.47 Å². The molecule has 4 nitrogen and oxygen atoms in total. The fraction of sp³-hybridized carbons (Fsp3) is 0.500. The van der Waals surface area contributed by atoms with Gasteiger partial charge in [0.2, 0.25) is 5.88 Å². The molecule has 1 unspecified atom stereocenters. The molecule has 1 fully saturated rings. The topological polar surface area (TPSA) is 44.2 Å². The largest absolute Gasteiger partial charge is 0.412 e. The summed E-state index contributed by atoms with van der Waals surface area (Å²) in [5, 5.41) is 2.76. The fourth-order valence-electron chi connectivity index (χ4n) is 2.56. The maximum Gasteiger partial charge on any atom is 0.280 e. The maximum atomic E-state index is 6.21. The third kappa shape index (κ3) is 2.90. The SMILES string of the molecule is Cc1cccc(Oc2nc(C3BC(C)(C)C(C)(C)O3)cs2)n1. The van der Waals surface area contributed by atoms with Crippen LogP contribution in [0.5, 0.6) is 11.1 Å². The summed E-state index contributed by atoms with van der Waals surface area (Å²) in [6.07, 6.45) is 0. The van der Waals surface area contributed by atoms with Gasteiger partial charge in [-0.05, 0) is 32.2 Å². The molecular formula is C16H21BN2O2S. The summed E-state index contributed by atoms with van der Waals surface area (Å²) in [6, 6.07) is 5.74. The van der Waals surface area contributed by atoms with Crippen molar-refractivity contribution in [3.05, 3.63) is 35.0 Å². The molecule has 2 aromatic heterocycles. The molecule has 1 aliphatic rings. The standard InChI is InChI=1S/C16H21BN2O2S/c1-10-7-6-8-12(18-10)20-14-19-11(9-22-14)13-17-15(2,3)16(4,5)21-13/h6-9,13,17H,1-5H3. The van der Waals surface area contributed by atoms with Crippen LogP contribution in [0.25, 0.3) is 0 Å². The first-order chi connectivity index (χ1) is 10.3. The number of hydrogen-bond donors (Lipinski definition) is 0. The van der Waals surface area contributed by atoms with Crippen LogP contribution in [0.1, 0.15) is 45.1 Å². The summed E-state index contributed by atoms with van der Waals surface area (Å²) in [7, 11) is 0.964. The quantitative estimate of drug-likeness (QED) is 0.800. The second-order valence-electron chi connectivity index (χ2n) is 6.96. The minimum atomic E-state index is -0.152. The van der Waals surface area contributed by atoms with Crippen LogP contribution in [0.2, 0.25) is 5.31 Å². The van der Waals surface area contributed by atoms with Gasteiger partial charge in [0.1, 0.15) is 0 Å². The van der Waals surface area contributed by atoms with Crippen LogP contribution in [0.4, 0.5) is 0 Å². The lowest BCUT2D eigenvalue weighted by Crippen LogP contribution is -2.31. The predicted octanol–water partition coefficient (Wildman–Crippen LogP) is 4.08. The monoisotopic (exact) mass is 316 g/mol. The van der Waals surface area contributed by atoms with Crippen molar-refractivity contribution in [2.45, 2.75) is 51.5 Å². The van der Waals surface area contributed by atoms with E-state index in [2.05, 4.69) is 37.7 Å². The number of pyridine rings is 1. The van der Waals surface area contributed by atoms with Gasteiger partial charge in [-0.1, -0.05) is 31.3 Å². The average Bonchev–Trinajstić information content (AvgIpc) is 2.93. The highest BCUT2D eigenvalue weighted by atomic mass is 32.1. The minimum absolute atomic E-state index is 0.0315. The van der Waals surface area contributed by atoms with Gasteiger partial charge in [-0.3, -0.25) is 0 Å². The number of hydrogen-bond acceptors (Lipinski definition) is 5. The molecule has 116 valence electrons. The Labute approximate surface area is 136 Å². The average molecular weight is 316 g/mol. The number of thiazole rings is 1. The van der Waals surface area contributed by atoms with Gasteiger partial charge in [-0.25, -0.2) is 9.97 Å². The second-order valence-corrected chi connectivity index (χ2v) is 7.78. The Hall–Kier alpha value is -1.40. The van der Waals surface area contributed by atoms with Crippen molar-refractivity contribution >= 4 is 18.6 Å². The van der Waals surface area contributed by atoms with E-state index in [9.17, 15) is 0 Å². The van der Waals surface area contributed by atoms with Crippen LogP contribution in [0.15, 0.2) is 23.6 Å². The van der Waals surface area contributed by atoms with Crippen LogP contribution in [0.3, 0.4) is 0 Å². The first-order valence-corrected chi connectivity index (χ1v) is 8.40. The third-order valence-corrected chi connectivity index (χ3v) is 5.38. The molecule has 22 heavy (non-hydrogen) atoms. The van der Waals surface area contributed by atoms with Crippen molar-refractivity contribution < 1.29 is 9.47 Å². The van der Waals surface area contributed by atoms with Gasteiger partial charge in [0.25, 0.3) is 5.19 Å². The summed E-state index contributed by atoms with van der Waals surface area (Å²) in [5.41, 5.74) is 1.73. The van der Waals surface area contributed by atoms with Crippen LogP contribution >= 0.6 is 11.3 Å². The van der Waals surface area contributed by atoms with E-state index < -0.39 is 0 Å². The van der Waals surface area contributed by atoms with Gasteiger partial charge < -0.3 is 9.47 Å². The summed E-state index contributed by atoms with van der Waals surface area (Å²) in [6.45, 7) is 10.7. The molecule has 0 radical (unpaired) electrons. The van der Waals surface area contributed by atoms with Crippen LogP contribution < -0.4 is 4.74 Å². The number of rotatable bonds is 3. The number of aryl methyl sites for hydroxylation is 1. The molecule has 3 heterocycles. The second kappa shape index (κ2) is 5.35. The Bertz CT molecular complexity index is 668. The van der Waals surface area contributed by atoms with Gasteiger partial charge in [0.05, 0.1) is 17.3 Å².